The zero-order valence-corrected chi connectivity index (χ0v) is 15.5. The van der Waals surface area contributed by atoms with Crippen molar-refractivity contribution in [3.63, 3.8) is 0 Å². The van der Waals surface area contributed by atoms with Crippen molar-refractivity contribution in [1.29, 1.82) is 0 Å². The van der Waals surface area contributed by atoms with Crippen LogP contribution in [0.1, 0.15) is 12.5 Å². The van der Waals surface area contributed by atoms with Gasteiger partial charge in [-0.25, -0.2) is 0 Å². The average molecular weight is 356 g/mol. The van der Waals surface area contributed by atoms with E-state index in [0.29, 0.717) is 6.54 Å². The molecule has 0 bridgehead atoms. The van der Waals surface area contributed by atoms with Gasteiger partial charge >= 0.3 is 0 Å². The summed E-state index contributed by atoms with van der Waals surface area (Å²) < 4.78 is 0. The predicted molar refractivity (Wildman–Crippen MR) is 103 cm³/mol. The van der Waals surface area contributed by atoms with Crippen LogP contribution in [0.2, 0.25) is 0 Å². The molecule has 0 saturated heterocycles. The average Bonchev–Trinajstić information content (AvgIpc) is 2.61. The Kier molecular flexibility index (Phi) is 6.30. The topological polar surface area (TPSA) is 78.7 Å². The first kappa shape index (κ1) is 19.4. The molecule has 26 heavy (non-hydrogen) atoms. The number of carbonyl (C=O) groups excluding carboxylic acids is 1. The maximum Gasteiger partial charge on any atom is 0.292 e. The standard InChI is InChI=1S/C19H24N4O3/c1-14(19(24)20-17-7-5-6-8-18(17)23(25)26)22(4)13-15-9-11-16(12-10-15)21(2)3/h5-12,14H,13H2,1-4H3,(H,20,24)/t14-/m1/s1. The molecule has 1 atom stereocenters. The van der Waals surface area contributed by atoms with Crippen molar-refractivity contribution in [2.45, 2.75) is 19.5 Å². The molecule has 2 aromatic carbocycles. The minimum atomic E-state index is -0.504. The lowest BCUT2D eigenvalue weighted by atomic mass is 10.1. The summed E-state index contributed by atoms with van der Waals surface area (Å²) in [4.78, 5) is 27.0. The molecule has 0 fully saturated rings. The molecular formula is C19H24N4O3. The van der Waals surface area contributed by atoms with E-state index in [9.17, 15) is 14.9 Å². The van der Waals surface area contributed by atoms with Crippen LogP contribution in [0.25, 0.3) is 0 Å². The summed E-state index contributed by atoms with van der Waals surface area (Å²) in [5, 5.41) is 13.7. The maximum atomic E-state index is 12.5. The zero-order chi connectivity index (χ0) is 19.3. The molecule has 0 aliphatic carbocycles. The minimum absolute atomic E-state index is 0.116. The van der Waals surface area contributed by atoms with Gasteiger partial charge in [0.1, 0.15) is 5.69 Å². The van der Waals surface area contributed by atoms with Crippen molar-refractivity contribution >= 4 is 23.0 Å². The lowest BCUT2D eigenvalue weighted by molar-refractivity contribution is -0.383. The van der Waals surface area contributed by atoms with Crippen LogP contribution in [-0.2, 0) is 11.3 Å². The Labute approximate surface area is 153 Å². The van der Waals surface area contributed by atoms with Gasteiger partial charge in [-0.1, -0.05) is 24.3 Å². The fourth-order valence-electron chi connectivity index (χ4n) is 2.50. The van der Waals surface area contributed by atoms with Gasteiger partial charge in [0.2, 0.25) is 5.91 Å². The number of nitrogens with one attached hydrogen (secondary N) is 1. The fourth-order valence-corrected chi connectivity index (χ4v) is 2.50. The van der Waals surface area contributed by atoms with Crippen molar-refractivity contribution < 1.29 is 9.72 Å². The van der Waals surface area contributed by atoms with E-state index < -0.39 is 11.0 Å². The molecule has 0 aliphatic rings. The summed E-state index contributed by atoms with van der Waals surface area (Å²) in [6.45, 7) is 2.37. The molecule has 1 amide bonds. The van der Waals surface area contributed by atoms with Gasteiger partial charge in [-0.2, -0.15) is 0 Å². The Morgan fingerprint density at radius 1 is 1.12 bits per heavy atom. The fraction of sp³-hybridized carbons (Fsp3) is 0.316. The van der Waals surface area contributed by atoms with Crippen LogP contribution >= 0.6 is 0 Å². The van der Waals surface area contributed by atoms with Crippen LogP contribution < -0.4 is 10.2 Å². The van der Waals surface area contributed by atoms with E-state index >= 15 is 0 Å². The van der Waals surface area contributed by atoms with Gasteiger partial charge in [-0.3, -0.25) is 19.8 Å². The lowest BCUT2D eigenvalue weighted by Gasteiger charge is -2.24. The van der Waals surface area contributed by atoms with E-state index in [1.165, 1.54) is 12.1 Å². The Morgan fingerprint density at radius 2 is 1.73 bits per heavy atom. The smallest absolute Gasteiger partial charge is 0.292 e. The highest BCUT2D eigenvalue weighted by molar-refractivity contribution is 5.96. The second-order valence-electron chi connectivity index (χ2n) is 6.42. The quantitative estimate of drug-likeness (QED) is 0.609. The zero-order valence-electron chi connectivity index (χ0n) is 15.5. The Bertz CT molecular complexity index is 775. The molecule has 0 heterocycles. The number of amides is 1. The predicted octanol–water partition coefficient (Wildman–Crippen LogP) is 3.12. The van der Waals surface area contributed by atoms with Crippen molar-refractivity contribution in [3.05, 3.63) is 64.2 Å². The Morgan fingerprint density at radius 3 is 2.31 bits per heavy atom. The summed E-state index contributed by atoms with van der Waals surface area (Å²) in [7, 11) is 5.82. The number of carbonyl (C=O) groups is 1. The minimum Gasteiger partial charge on any atom is -0.378 e. The highest BCUT2D eigenvalue weighted by Gasteiger charge is 2.21. The number of anilines is 2. The summed E-state index contributed by atoms with van der Waals surface area (Å²) in [6, 6.07) is 13.8. The first-order chi connectivity index (χ1) is 12.3. The first-order valence-electron chi connectivity index (χ1n) is 8.30. The van der Waals surface area contributed by atoms with E-state index in [4.69, 9.17) is 0 Å². The van der Waals surface area contributed by atoms with Crippen LogP contribution in [0, 0.1) is 10.1 Å². The van der Waals surface area contributed by atoms with Crippen LogP contribution in [-0.4, -0.2) is 42.9 Å². The first-order valence-corrected chi connectivity index (χ1v) is 8.30. The number of benzene rings is 2. The van der Waals surface area contributed by atoms with E-state index in [2.05, 4.69) is 5.32 Å². The van der Waals surface area contributed by atoms with Gasteiger partial charge in [0, 0.05) is 32.4 Å². The van der Waals surface area contributed by atoms with Crippen molar-refractivity contribution in [3.8, 4) is 0 Å². The molecule has 7 heteroatoms. The lowest BCUT2D eigenvalue weighted by Crippen LogP contribution is -2.39. The van der Waals surface area contributed by atoms with E-state index in [0.717, 1.165) is 11.3 Å². The summed E-state index contributed by atoms with van der Waals surface area (Å²) >= 11 is 0. The van der Waals surface area contributed by atoms with Crippen LogP contribution in [0.4, 0.5) is 17.1 Å². The van der Waals surface area contributed by atoms with E-state index in [-0.39, 0.29) is 17.3 Å². The third-order valence-corrected chi connectivity index (χ3v) is 4.28. The highest BCUT2D eigenvalue weighted by Crippen LogP contribution is 2.23. The van der Waals surface area contributed by atoms with Crippen molar-refractivity contribution in [2.75, 3.05) is 31.4 Å². The number of hydrogen-bond donors (Lipinski definition) is 1. The molecular weight excluding hydrogens is 332 g/mol. The molecule has 0 saturated carbocycles. The number of rotatable bonds is 7. The molecule has 2 rings (SSSR count). The Balaban J connectivity index is 2.02. The van der Waals surface area contributed by atoms with Gasteiger partial charge in [0.05, 0.1) is 11.0 Å². The van der Waals surface area contributed by atoms with Gasteiger partial charge in [-0.15, -0.1) is 0 Å². The number of likely N-dealkylation sites (N-methyl/N-ethyl adjacent to an activating group) is 1. The van der Waals surface area contributed by atoms with E-state index in [1.807, 2.05) is 55.2 Å². The second kappa shape index (κ2) is 8.44. The Hall–Kier alpha value is -2.93. The molecule has 1 N–H and O–H groups in total. The second-order valence-corrected chi connectivity index (χ2v) is 6.42. The number of nitrogens with zero attached hydrogens (tertiary/aromatic N) is 3. The molecule has 0 spiro atoms. The number of hydrogen-bond acceptors (Lipinski definition) is 5. The number of nitro benzene ring substituents is 1. The monoisotopic (exact) mass is 356 g/mol. The summed E-state index contributed by atoms with van der Waals surface area (Å²) in [5.41, 5.74) is 2.29. The molecule has 0 aromatic heterocycles. The summed E-state index contributed by atoms with van der Waals surface area (Å²) in [6.07, 6.45) is 0. The molecule has 0 radical (unpaired) electrons. The van der Waals surface area contributed by atoms with Crippen LogP contribution in [0.5, 0.6) is 0 Å². The third kappa shape index (κ3) is 4.80. The SMILES string of the molecule is C[C@H](C(=O)Nc1ccccc1[N+](=O)[O-])N(C)Cc1ccc(N(C)C)cc1. The number of para-hydroxylation sites is 2. The molecule has 138 valence electrons. The molecule has 0 unspecified atom stereocenters. The highest BCUT2D eigenvalue weighted by atomic mass is 16.6. The van der Waals surface area contributed by atoms with Gasteiger partial charge in [0.25, 0.3) is 5.69 Å². The van der Waals surface area contributed by atoms with Gasteiger partial charge in [-0.05, 0) is 37.7 Å². The van der Waals surface area contributed by atoms with Gasteiger partial charge < -0.3 is 10.2 Å². The van der Waals surface area contributed by atoms with Gasteiger partial charge in [0.15, 0.2) is 0 Å². The van der Waals surface area contributed by atoms with E-state index in [1.54, 1.807) is 19.1 Å². The van der Waals surface area contributed by atoms with Crippen molar-refractivity contribution in [2.24, 2.45) is 0 Å². The third-order valence-electron chi connectivity index (χ3n) is 4.28. The number of nitro groups is 1. The largest absolute Gasteiger partial charge is 0.378 e. The molecule has 0 aliphatic heterocycles. The maximum absolute atomic E-state index is 12.5. The summed E-state index contributed by atoms with van der Waals surface area (Å²) in [5.74, 6) is -0.285. The van der Waals surface area contributed by atoms with Crippen LogP contribution in [0.3, 0.4) is 0 Å². The molecule has 7 nitrogen and oxygen atoms in total. The van der Waals surface area contributed by atoms with Crippen LogP contribution in [0.15, 0.2) is 48.5 Å². The molecule has 2 aromatic rings. The van der Waals surface area contributed by atoms with Crippen molar-refractivity contribution in [1.82, 2.24) is 4.90 Å². The normalized spacial score (nSPS) is 11.9.